The molecule has 0 aromatic heterocycles. The Kier molecular flexibility index (Phi) is 4.14. The molecular formula is C10H21NO3S. The molecule has 0 saturated carbocycles. The van der Waals surface area contributed by atoms with Crippen LogP contribution in [0.15, 0.2) is 0 Å². The van der Waals surface area contributed by atoms with Gasteiger partial charge in [0.05, 0.1) is 11.4 Å². The average Bonchev–Trinajstić information content (AvgIpc) is 2.18. The molecular weight excluding hydrogens is 214 g/mol. The molecule has 2 unspecified atom stereocenters. The predicted molar refractivity (Wildman–Crippen MR) is 60.2 cm³/mol. The normalized spacial score (nSPS) is 29.7. The first-order chi connectivity index (χ1) is 6.89. The maximum absolute atomic E-state index is 11.9. The summed E-state index contributed by atoms with van der Waals surface area (Å²) in [5, 5.41) is -0.344. The SMILES string of the molecule is COC1CN(S(=O)(=O)C(C)C)CCC1C. The zero-order chi connectivity index (χ0) is 11.6. The van der Waals surface area contributed by atoms with Crippen molar-refractivity contribution in [3.63, 3.8) is 0 Å². The molecule has 2 atom stereocenters. The van der Waals surface area contributed by atoms with Crippen LogP contribution in [0, 0.1) is 5.92 Å². The van der Waals surface area contributed by atoms with Crippen molar-refractivity contribution in [1.82, 2.24) is 4.31 Å². The van der Waals surface area contributed by atoms with Crippen molar-refractivity contribution >= 4 is 10.0 Å². The summed E-state index contributed by atoms with van der Waals surface area (Å²) in [6.07, 6.45) is 0.914. The highest BCUT2D eigenvalue weighted by Gasteiger charge is 2.34. The first-order valence-electron chi connectivity index (χ1n) is 5.41. The second kappa shape index (κ2) is 4.80. The molecule has 0 aromatic carbocycles. The minimum absolute atomic E-state index is 0.0345. The summed E-state index contributed by atoms with van der Waals surface area (Å²) >= 11 is 0. The maximum Gasteiger partial charge on any atom is 0.216 e. The summed E-state index contributed by atoms with van der Waals surface area (Å²) in [5.41, 5.74) is 0. The fourth-order valence-electron chi connectivity index (χ4n) is 1.84. The van der Waals surface area contributed by atoms with Crippen LogP contribution < -0.4 is 0 Å². The maximum atomic E-state index is 11.9. The monoisotopic (exact) mass is 235 g/mol. The molecule has 0 aliphatic carbocycles. The molecule has 5 heteroatoms. The summed E-state index contributed by atoms with van der Waals surface area (Å²) in [6.45, 7) is 6.66. The molecule has 15 heavy (non-hydrogen) atoms. The smallest absolute Gasteiger partial charge is 0.216 e. The Balaban J connectivity index is 2.75. The Morgan fingerprint density at radius 2 is 2.00 bits per heavy atom. The Bertz CT molecular complexity index is 300. The molecule has 90 valence electrons. The Morgan fingerprint density at radius 3 is 2.47 bits per heavy atom. The number of hydrogen-bond donors (Lipinski definition) is 0. The Labute approximate surface area is 92.7 Å². The van der Waals surface area contributed by atoms with Gasteiger partial charge in [-0.1, -0.05) is 6.92 Å². The summed E-state index contributed by atoms with van der Waals surface area (Å²) in [4.78, 5) is 0. The number of methoxy groups -OCH3 is 1. The van der Waals surface area contributed by atoms with E-state index in [0.717, 1.165) is 6.42 Å². The van der Waals surface area contributed by atoms with Crippen LogP contribution in [0.1, 0.15) is 27.2 Å². The zero-order valence-corrected chi connectivity index (χ0v) is 10.8. The third kappa shape index (κ3) is 2.71. The van der Waals surface area contributed by atoms with Gasteiger partial charge >= 0.3 is 0 Å². The number of nitrogens with zero attached hydrogens (tertiary/aromatic N) is 1. The lowest BCUT2D eigenvalue weighted by atomic mass is 9.97. The van der Waals surface area contributed by atoms with E-state index in [0.29, 0.717) is 19.0 Å². The van der Waals surface area contributed by atoms with Crippen molar-refractivity contribution < 1.29 is 13.2 Å². The number of ether oxygens (including phenoxy) is 1. The van der Waals surface area contributed by atoms with Gasteiger partial charge in [-0.15, -0.1) is 0 Å². The molecule has 1 rings (SSSR count). The van der Waals surface area contributed by atoms with Gasteiger partial charge in [0.15, 0.2) is 0 Å². The van der Waals surface area contributed by atoms with E-state index in [2.05, 4.69) is 6.92 Å². The van der Waals surface area contributed by atoms with Crippen LogP contribution in [0.4, 0.5) is 0 Å². The van der Waals surface area contributed by atoms with Crippen molar-refractivity contribution in [3.05, 3.63) is 0 Å². The van der Waals surface area contributed by atoms with Gasteiger partial charge in [-0.05, 0) is 26.2 Å². The van der Waals surface area contributed by atoms with E-state index in [9.17, 15) is 8.42 Å². The highest BCUT2D eigenvalue weighted by atomic mass is 32.2. The predicted octanol–water partition coefficient (Wildman–Crippen LogP) is 1.08. The van der Waals surface area contributed by atoms with Crippen molar-refractivity contribution in [3.8, 4) is 0 Å². The van der Waals surface area contributed by atoms with Gasteiger partial charge in [0, 0.05) is 20.2 Å². The van der Waals surface area contributed by atoms with Crippen LogP contribution >= 0.6 is 0 Å². The van der Waals surface area contributed by atoms with E-state index < -0.39 is 10.0 Å². The number of piperidine rings is 1. The number of rotatable bonds is 3. The van der Waals surface area contributed by atoms with Gasteiger partial charge in [0.25, 0.3) is 0 Å². The lowest BCUT2D eigenvalue weighted by Gasteiger charge is -2.36. The average molecular weight is 235 g/mol. The molecule has 0 N–H and O–H groups in total. The van der Waals surface area contributed by atoms with Crippen molar-refractivity contribution in [1.29, 1.82) is 0 Å². The third-order valence-corrected chi connectivity index (χ3v) is 5.35. The molecule has 4 nitrogen and oxygen atoms in total. The number of sulfonamides is 1. The standard InChI is InChI=1S/C10H21NO3S/c1-8(2)15(12,13)11-6-5-9(3)10(7-11)14-4/h8-10H,5-7H2,1-4H3. The van der Waals surface area contributed by atoms with E-state index in [1.165, 1.54) is 0 Å². The fraction of sp³-hybridized carbons (Fsp3) is 1.00. The Hall–Kier alpha value is -0.130. The van der Waals surface area contributed by atoms with Gasteiger partial charge in [0.1, 0.15) is 0 Å². The molecule has 1 aliphatic rings. The Morgan fingerprint density at radius 1 is 1.40 bits per heavy atom. The van der Waals surface area contributed by atoms with E-state index in [1.54, 1.807) is 25.3 Å². The van der Waals surface area contributed by atoms with E-state index in [1.807, 2.05) is 0 Å². The third-order valence-electron chi connectivity index (χ3n) is 3.11. The van der Waals surface area contributed by atoms with Crippen LogP contribution in [-0.2, 0) is 14.8 Å². The molecule has 1 saturated heterocycles. The summed E-state index contributed by atoms with van der Waals surface area (Å²) in [5.74, 6) is 0.439. The van der Waals surface area contributed by atoms with Gasteiger partial charge in [-0.25, -0.2) is 8.42 Å². The molecule has 1 heterocycles. The lowest BCUT2D eigenvalue weighted by molar-refractivity contribution is 0.0182. The van der Waals surface area contributed by atoms with Crippen LogP contribution in [0.25, 0.3) is 0 Å². The van der Waals surface area contributed by atoms with Crippen LogP contribution in [-0.4, -0.2) is 44.3 Å². The summed E-state index contributed by atoms with van der Waals surface area (Å²) in [7, 11) is -1.47. The molecule has 0 aromatic rings. The minimum Gasteiger partial charge on any atom is -0.380 e. The summed E-state index contributed by atoms with van der Waals surface area (Å²) in [6, 6.07) is 0. The molecule has 0 amide bonds. The van der Waals surface area contributed by atoms with Gasteiger partial charge in [0.2, 0.25) is 10.0 Å². The van der Waals surface area contributed by atoms with Crippen molar-refractivity contribution in [2.24, 2.45) is 5.92 Å². The second-order valence-electron chi connectivity index (χ2n) is 4.49. The van der Waals surface area contributed by atoms with Gasteiger partial charge in [-0.3, -0.25) is 0 Å². The van der Waals surface area contributed by atoms with Crippen molar-refractivity contribution in [2.75, 3.05) is 20.2 Å². The topological polar surface area (TPSA) is 46.6 Å². The fourth-order valence-corrected chi connectivity index (χ4v) is 3.15. The van der Waals surface area contributed by atoms with E-state index in [4.69, 9.17) is 4.74 Å². The first-order valence-corrected chi connectivity index (χ1v) is 6.91. The molecule has 1 aliphatic heterocycles. The largest absolute Gasteiger partial charge is 0.380 e. The van der Waals surface area contributed by atoms with Crippen LogP contribution in [0.5, 0.6) is 0 Å². The summed E-state index contributed by atoms with van der Waals surface area (Å²) < 4.78 is 30.7. The van der Waals surface area contributed by atoms with E-state index in [-0.39, 0.29) is 11.4 Å². The highest BCUT2D eigenvalue weighted by molar-refractivity contribution is 7.89. The second-order valence-corrected chi connectivity index (χ2v) is 6.98. The highest BCUT2D eigenvalue weighted by Crippen LogP contribution is 2.23. The minimum atomic E-state index is -3.11. The molecule has 0 spiro atoms. The van der Waals surface area contributed by atoms with E-state index >= 15 is 0 Å². The quantitative estimate of drug-likeness (QED) is 0.735. The molecule has 0 bridgehead atoms. The van der Waals surface area contributed by atoms with Crippen LogP contribution in [0.2, 0.25) is 0 Å². The van der Waals surface area contributed by atoms with Crippen molar-refractivity contribution in [2.45, 2.75) is 38.5 Å². The first kappa shape index (κ1) is 12.9. The van der Waals surface area contributed by atoms with Crippen LogP contribution in [0.3, 0.4) is 0 Å². The van der Waals surface area contributed by atoms with Gasteiger partial charge < -0.3 is 4.74 Å². The molecule has 0 radical (unpaired) electrons. The number of hydrogen-bond acceptors (Lipinski definition) is 3. The zero-order valence-electron chi connectivity index (χ0n) is 9.93. The molecule has 1 fully saturated rings. The lowest BCUT2D eigenvalue weighted by Crippen LogP contribution is -2.48. The van der Waals surface area contributed by atoms with Gasteiger partial charge in [-0.2, -0.15) is 4.31 Å².